The third-order valence-corrected chi connectivity index (χ3v) is 4.49. The molecule has 0 aliphatic heterocycles. The molecule has 106 valence electrons. The van der Waals surface area contributed by atoms with E-state index in [0.29, 0.717) is 5.15 Å². The van der Waals surface area contributed by atoms with Crippen LogP contribution in [0.15, 0.2) is 24.5 Å². The Balaban J connectivity index is 2.05. The molecule has 0 atom stereocenters. The number of aryl methyl sites for hydroxylation is 2. The minimum absolute atomic E-state index is 0.716. The number of pyridine rings is 1. The van der Waals surface area contributed by atoms with E-state index in [-0.39, 0.29) is 0 Å². The number of nitrogens with zero attached hydrogens (tertiary/aromatic N) is 4. The Morgan fingerprint density at radius 1 is 1.24 bits per heavy atom. The van der Waals surface area contributed by atoms with Crippen molar-refractivity contribution in [1.29, 1.82) is 0 Å². The largest absolute Gasteiger partial charge is 0.264 e. The summed E-state index contributed by atoms with van der Waals surface area (Å²) in [6.07, 6.45) is 7.98. The first-order valence-electron chi connectivity index (χ1n) is 7.22. The minimum Gasteiger partial charge on any atom is -0.264 e. The van der Waals surface area contributed by atoms with E-state index in [2.05, 4.69) is 10.1 Å². The van der Waals surface area contributed by atoms with Gasteiger partial charge in [-0.2, -0.15) is 5.10 Å². The van der Waals surface area contributed by atoms with E-state index < -0.39 is 0 Å². The molecule has 0 fully saturated rings. The molecule has 1 aliphatic rings. The highest BCUT2D eigenvalue weighted by molar-refractivity contribution is 6.30. The lowest BCUT2D eigenvalue weighted by Crippen LogP contribution is -2.10. The average Bonchev–Trinajstić information content (AvgIpc) is 2.85. The van der Waals surface area contributed by atoms with Crippen LogP contribution >= 0.6 is 11.6 Å². The van der Waals surface area contributed by atoms with E-state index in [1.54, 1.807) is 10.7 Å². The van der Waals surface area contributed by atoms with Crippen LogP contribution in [0.3, 0.4) is 0 Å². The molecular formula is C16H15ClN4. The van der Waals surface area contributed by atoms with E-state index in [0.717, 1.165) is 46.6 Å². The molecule has 21 heavy (non-hydrogen) atoms. The van der Waals surface area contributed by atoms with E-state index in [1.165, 1.54) is 12.8 Å². The molecule has 3 heterocycles. The van der Waals surface area contributed by atoms with Gasteiger partial charge < -0.3 is 0 Å². The summed E-state index contributed by atoms with van der Waals surface area (Å²) in [5.74, 6) is 0. The Kier molecular flexibility index (Phi) is 2.93. The summed E-state index contributed by atoms with van der Waals surface area (Å²) in [7, 11) is 0. The predicted octanol–water partition coefficient (Wildman–Crippen LogP) is 3.63. The van der Waals surface area contributed by atoms with Crippen molar-refractivity contribution in [3.8, 4) is 11.1 Å². The second-order valence-electron chi connectivity index (χ2n) is 5.47. The Labute approximate surface area is 127 Å². The topological polar surface area (TPSA) is 43.1 Å². The number of fused-ring (bicyclic) bond motifs is 2. The van der Waals surface area contributed by atoms with Crippen molar-refractivity contribution in [2.45, 2.75) is 32.6 Å². The molecule has 0 N–H and O–H groups in total. The zero-order valence-electron chi connectivity index (χ0n) is 11.8. The van der Waals surface area contributed by atoms with Crippen LogP contribution in [0.1, 0.15) is 29.8 Å². The van der Waals surface area contributed by atoms with Gasteiger partial charge in [0, 0.05) is 29.2 Å². The highest BCUT2D eigenvalue weighted by atomic mass is 35.5. The molecule has 0 bridgehead atoms. The van der Waals surface area contributed by atoms with Gasteiger partial charge in [-0.15, -0.1) is 0 Å². The van der Waals surface area contributed by atoms with Gasteiger partial charge in [-0.25, -0.2) is 9.50 Å². The maximum absolute atomic E-state index is 6.58. The van der Waals surface area contributed by atoms with Crippen molar-refractivity contribution < 1.29 is 0 Å². The van der Waals surface area contributed by atoms with Crippen LogP contribution in [-0.2, 0) is 12.8 Å². The summed E-state index contributed by atoms with van der Waals surface area (Å²) >= 11 is 6.58. The maximum Gasteiger partial charge on any atom is 0.165 e. The summed E-state index contributed by atoms with van der Waals surface area (Å²) in [6, 6.07) is 3.96. The minimum atomic E-state index is 0.716. The highest BCUT2D eigenvalue weighted by Gasteiger charge is 2.21. The third-order valence-electron chi connectivity index (χ3n) is 4.10. The van der Waals surface area contributed by atoms with E-state index >= 15 is 0 Å². The van der Waals surface area contributed by atoms with Gasteiger partial charge in [0.2, 0.25) is 0 Å². The summed E-state index contributed by atoms with van der Waals surface area (Å²) < 4.78 is 1.78. The molecule has 1 aliphatic carbocycles. The van der Waals surface area contributed by atoms with Gasteiger partial charge in [0.15, 0.2) is 5.65 Å². The average molecular weight is 299 g/mol. The molecule has 4 rings (SSSR count). The lowest BCUT2D eigenvalue weighted by Gasteiger charge is -2.16. The standard InChI is InChI=1S/C16H15ClN4/c1-10-14(11-5-4-8-18-9-11)16-19-13-7-3-2-6-12(13)15(17)21(16)20-10/h4-5,8-9H,2-3,6-7H2,1H3. The van der Waals surface area contributed by atoms with Crippen LogP contribution < -0.4 is 0 Å². The first kappa shape index (κ1) is 12.8. The fraction of sp³-hybridized carbons (Fsp3) is 0.312. The Morgan fingerprint density at radius 3 is 2.90 bits per heavy atom. The Morgan fingerprint density at radius 2 is 2.10 bits per heavy atom. The van der Waals surface area contributed by atoms with Gasteiger partial charge in [0.05, 0.1) is 11.3 Å². The van der Waals surface area contributed by atoms with Crippen molar-refractivity contribution in [2.24, 2.45) is 0 Å². The number of hydrogen-bond acceptors (Lipinski definition) is 3. The summed E-state index contributed by atoms with van der Waals surface area (Å²) in [4.78, 5) is 9.06. The molecule has 0 radical (unpaired) electrons. The zero-order chi connectivity index (χ0) is 14.4. The quantitative estimate of drug-likeness (QED) is 0.644. The SMILES string of the molecule is Cc1nn2c(Cl)c3c(nc2c1-c1cccnc1)CCCC3. The monoisotopic (exact) mass is 298 g/mol. The van der Waals surface area contributed by atoms with Crippen molar-refractivity contribution in [2.75, 3.05) is 0 Å². The lowest BCUT2D eigenvalue weighted by molar-refractivity contribution is 0.660. The van der Waals surface area contributed by atoms with Crippen LogP contribution in [0.25, 0.3) is 16.8 Å². The van der Waals surface area contributed by atoms with E-state index in [4.69, 9.17) is 16.6 Å². The van der Waals surface area contributed by atoms with Crippen LogP contribution in [0, 0.1) is 6.92 Å². The normalized spacial score (nSPS) is 14.4. The van der Waals surface area contributed by atoms with Crippen LogP contribution in [0.2, 0.25) is 5.15 Å². The number of halogens is 1. The Bertz CT molecular complexity index is 823. The molecule has 3 aromatic heterocycles. The van der Waals surface area contributed by atoms with Gasteiger partial charge in [0.1, 0.15) is 5.15 Å². The molecule has 0 spiro atoms. The lowest BCUT2D eigenvalue weighted by atomic mass is 9.97. The fourth-order valence-corrected chi connectivity index (χ4v) is 3.42. The third kappa shape index (κ3) is 1.94. The van der Waals surface area contributed by atoms with E-state index in [1.807, 2.05) is 25.3 Å². The summed E-state index contributed by atoms with van der Waals surface area (Å²) in [6.45, 7) is 1.99. The first-order chi connectivity index (χ1) is 10.3. The van der Waals surface area contributed by atoms with Crippen LogP contribution in [0.4, 0.5) is 0 Å². The molecule has 3 aromatic rings. The van der Waals surface area contributed by atoms with Crippen molar-refractivity contribution >= 4 is 17.2 Å². The van der Waals surface area contributed by atoms with Gasteiger partial charge in [-0.05, 0) is 38.7 Å². The Hall–Kier alpha value is -1.94. The molecule has 5 heteroatoms. The van der Waals surface area contributed by atoms with Gasteiger partial charge in [-0.3, -0.25) is 4.98 Å². The van der Waals surface area contributed by atoms with Crippen molar-refractivity contribution in [3.63, 3.8) is 0 Å². The molecule has 0 saturated heterocycles. The second kappa shape index (κ2) is 4.81. The maximum atomic E-state index is 6.58. The van der Waals surface area contributed by atoms with Gasteiger partial charge in [0.25, 0.3) is 0 Å². The molecule has 4 nitrogen and oxygen atoms in total. The molecule has 0 unspecified atom stereocenters. The first-order valence-corrected chi connectivity index (χ1v) is 7.60. The van der Waals surface area contributed by atoms with Crippen molar-refractivity contribution in [3.05, 3.63) is 46.6 Å². The fourth-order valence-electron chi connectivity index (χ4n) is 3.09. The van der Waals surface area contributed by atoms with Crippen molar-refractivity contribution in [1.82, 2.24) is 19.6 Å². The molecule has 0 aromatic carbocycles. The highest BCUT2D eigenvalue weighted by Crippen LogP contribution is 2.33. The smallest absolute Gasteiger partial charge is 0.165 e. The number of hydrogen-bond donors (Lipinski definition) is 0. The van der Waals surface area contributed by atoms with Crippen LogP contribution in [-0.4, -0.2) is 19.6 Å². The summed E-state index contributed by atoms with van der Waals surface area (Å²) in [5.41, 5.74) is 6.12. The molecular weight excluding hydrogens is 284 g/mol. The summed E-state index contributed by atoms with van der Waals surface area (Å²) in [5, 5.41) is 5.31. The predicted molar refractivity (Wildman–Crippen MR) is 82.6 cm³/mol. The number of aromatic nitrogens is 4. The zero-order valence-corrected chi connectivity index (χ0v) is 12.6. The second-order valence-corrected chi connectivity index (χ2v) is 5.83. The van der Waals surface area contributed by atoms with Gasteiger partial charge in [-0.1, -0.05) is 17.7 Å². The molecule has 0 amide bonds. The molecule has 0 saturated carbocycles. The van der Waals surface area contributed by atoms with Crippen LogP contribution in [0.5, 0.6) is 0 Å². The van der Waals surface area contributed by atoms with Gasteiger partial charge >= 0.3 is 0 Å². The van der Waals surface area contributed by atoms with E-state index in [9.17, 15) is 0 Å². The number of rotatable bonds is 1.